The second-order valence-electron chi connectivity index (χ2n) is 6.47. The maximum atomic E-state index is 12.4. The van der Waals surface area contributed by atoms with Gasteiger partial charge >= 0.3 is 10.2 Å². The Kier molecular flexibility index (Phi) is 4.23. The molecule has 0 saturated carbocycles. The van der Waals surface area contributed by atoms with E-state index in [1.165, 1.54) is 12.1 Å². The van der Waals surface area contributed by atoms with Gasteiger partial charge in [-0.1, -0.05) is 36.4 Å². The van der Waals surface area contributed by atoms with Crippen molar-refractivity contribution in [1.82, 2.24) is 10.0 Å². The molecule has 2 aliphatic heterocycles. The number of benzene rings is 2. The number of carbonyl (C=O) groups is 1. The summed E-state index contributed by atoms with van der Waals surface area (Å²) < 4.78 is 26.6. The van der Waals surface area contributed by atoms with E-state index in [-0.39, 0.29) is 23.4 Å². The van der Waals surface area contributed by atoms with Crippen LogP contribution in [0.4, 0.5) is 5.69 Å². The molecule has 0 fully saturated rings. The number of hydrogen-bond donors (Lipinski definition) is 4. The first-order valence-corrected chi connectivity index (χ1v) is 9.90. The summed E-state index contributed by atoms with van der Waals surface area (Å²) in [6.45, 7) is 0. The van der Waals surface area contributed by atoms with E-state index >= 15 is 0 Å². The van der Waals surface area contributed by atoms with E-state index in [2.05, 4.69) is 5.32 Å². The van der Waals surface area contributed by atoms with Crippen molar-refractivity contribution >= 4 is 27.9 Å². The lowest BCUT2D eigenvalue weighted by atomic mass is 10.0. The number of nitrogens with zero attached hydrogens (tertiary/aromatic N) is 1. The SMILES string of the molecule is O=C1N[C@@H](Cc2ccc(N3C=C(O)NS3(=O)=O)c(O)c2)C=Cc2ccccc21. The first kappa shape index (κ1) is 17.9. The molecule has 0 spiro atoms. The lowest BCUT2D eigenvalue weighted by molar-refractivity contribution is 0.0945. The first-order valence-electron chi connectivity index (χ1n) is 8.46. The van der Waals surface area contributed by atoms with Gasteiger partial charge in [-0.05, 0) is 35.7 Å². The van der Waals surface area contributed by atoms with Gasteiger partial charge in [0.1, 0.15) is 11.4 Å². The van der Waals surface area contributed by atoms with Crippen LogP contribution in [0.1, 0.15) is 21.5 Å². The van der Waals surface area contributed by atoms with E-state index in [9.17, 15) is 23.4 Å². The molecule has 2 aromatic carbocycles. The minimum absolute atomic E-state index is 0.00755. The molecule has 0 aliphatic carbocycles. The molecule has 2 aliphatic rings. The van der Waals surface area contributed by atoms with Crippen molar-refractivity contribution in [2.24, 2.45) is 0 Å². The summed E-state index contributed by atoms with van der Waals surface area (Å²) in [4.78, 5) is 12.4. The van der Waals surface area contributed by atoms with Crippen molar-refractivity contribution < 1.29 is 23.4 Å². The molecule has 8 nitrogen and oxygen atoms in total. The second kappa shape index (κ2) is 6.61. The number of carbonyl (C=O) groups excluding carboxylic acids is 1. The van der Waals surface area contributed by atoms with E-state index in [0.29, 0.717) is 17.5 Å². The molecule has 9 heteroatoms. The van der Waals surface area contributed by atoms with Crippen LogP contribution in [-0.2, 0) is 16.6 Å². The highest BCUT2D eigenvalue weighted by Crippen LogP contribution is 2.33. The predicted octanol–water partition coefficient (Wildman–Crippen LogP) is 1.77. The molecule has 0 bridgehead atoms. The smallest absolute Gasteiger partial charge is 0.330 e. The normalized spacial score (nSPS) is 20.0. The summed E-state index contributed by atoms with van der Waals surface area (Å²) in [5.74, 6) is -0.975. The molecule has 0 aromatic heterocycles. The zero-order valence-corrected chi connectivity index (χ0v) is 15.3. The van der Waals surface area contributed by atoms with Gasteiger partial charge < -0.3 is 15.5 Å². The molecule has 2 heterocycles. The van der Waals surface area contributed by atoms with E-state index < -0.39 is 16.1 Å². The van der Waals surface area contributed by atoms with Crippen LogP contribution < -0.4 is 14.3 Å². The Morgan fingerprint density at radius 3 is 2.61 bits per heavy atom. The van der Waals surface area contributed by atoms with Crippen molar-refractivity contribution in [2.45, 2.75) is 12.5 Å². The van der Waals surface area contributed by atoms with Crippen LogP contribution in [0.5, 0.6) is 5.75 Å². The summed E-state index contributed by atoms with van der Waals surface area (Å²) in [5.41, 5.74) is 2.14. The molecule has 2 aromatic rings. The molecule has 0 radical (unpaired) electrons. The number of aliphatic hydroxyl groups is 1. The lowest BCUT2D eigenvalue weighted by Crippen LogP contribution is -2.34. The monoisotopic (exact) mass is 399 g/mol. The number of anilines is 1. The van der Waals surface area contributed by atoms with Crippen LogP contribution in [-0.4, -0.2) is 30.6 Å². The fourth-order valence-corrected chi connectivity index (χ4v) is 4.27. The quantitative estimate of drug-likeness (QED) is 0.627. The Morgan fingerprint density at radius 1 is 1.11 bits per heavy atom. The fourth-order valence-electron chi connectivity index (χ4n) is 3.21. The molecule has 4 rings (SSSR count). The third kappa shape index (κ3) is 3.27. The van der Waals surface area contributed by atoms with Crippen molar-refractivity contribution in [2.75, 3.05) is 4.31 Å². The number of aliphatic hydroxyl groups excluding tert-OH is 1. The van der Waals surface area contributed by atoms with E-state index in [1.807, 2.05) is 29.0 Å². The summed E-state index contributed by atoms with van der Waals surface area (Å²) in [5, 5.41) is 22.6. The van der Waals surface area contributed by atoms with Crippen LogP contribution >= 0.6 is 0 Å². The van der Waals surface area contributed by atoms with Gasteiger partial charge in [0.15, 0.2) is 0 Å². The van der Waals surface area contributed by atoms with Crippen LogP contribution in [0.2, 0.25) is 0 Å². The highest BCUT2D eigenvalue weighted by atomic mass is 32.2. The van der Waals surface area contributed by atoms with Gasteiger partial charge in [-0.3, -0.25) is 4.79 Å². The van der Waals surface area contributed by atoms with Gasteiger partial charge in [0.05, 0.1) is 12.2 Å². The lowest BCUT2D eigenvalue weighted by Gasteiger charge is -2.17. The highest BCUT2D eigenvalue weighted by Gasteiger charge is 2.30. The standard InChI is InChI=1S/C19H17N3O5S/c23-17-10-12(5-8-16(17)22-11-18(24)21-28(22,26)27)9-14-7-6-13-3-1-2-4-15(13)19(25)20-14/h1-8,10-11,14,21,23-24H,9H2,(H,20,25)/t14-/m1/s1. The summed E-state index contributed by atoms with van der Waals surface area (Å²) in [6, 6.07) is 11.5. The first-order chi connectivity index (χ1) is 13.3. The van der Waals surface area contributed by atoms with Gasteiger partial charge in [0.2, 0.25) is 5.88 Å². The van der Waals surface area contributed by atoms with Crippen LogP contribution in [0.25, 0.3) is 6.08 Å². The molecule has 144 valence electrons. The zero-order valence-electron chi connectivity index (χ0n) is 14.5. The van der Waals surface area contributed by atoms with Crippen LogP contribution in [0.3, 0.4) is 0 Å². The average Bonchev–Trinajstić information content (AvgIpc) is 2.81. The maximum Gasteiger partial charge on any atom is 0.330 e. The predicted molar refractivity (Wildman–Crippen MR) is 104 cm³/mol. The molecule has 28 heavy (non-hydrogen) atoms. The number of fused-ring (bicyclic) bond motifs is 1. The van der Waals surface area contributed by atoms with Gasteiger partial charge in [-0.15, -0.1) is 0 Å². The molecular weight excluding hydrogens is 382 g/mol. The number of aromatic hydroxyl groups is 1. The van der Waals surface area contributed by atoms with E-state index in [4.69, 9.17) is 0 Å². The number of phenolic OH excluding ortho intramolecular Hbond substituents is 1. The number of nitrogens with one attached hydrogen (secondary N) is 2. The highest BCUT2D eigenvalue weighted by molar-refractivity contribution is 7.91. The third-order valence-electron chi connectivity index (χ3n) is 4.49. The Bertz CT molecular complexity index is 1120. The van der Waals surface area contributed by atoms with Crippen molar-refractivity contribution in [3.05, 3.63) is 77.3 Å². The molecular formula is C19H17N3O5S. The van der Waals surface area contributed by atoms with Crippen molar-refractivity contribution in [1.29, 1.82) is 0 Å². The third-order valence-corrected chi connectivity index (χ3v) is 5.78. The summed E-state index contributed by atoms with van der Waals surface area (Å²) in [7, 11) is -3.98. The number of hydrogen-bond acceptors (Lipinski definition) is 5. The number of amides is 1. The Morgan fingerprint density at radius 2 is 1.89 bits per heavy atom. The van der Waals surface area contributed by atoms with Gasteiger partial charge in [0.25, 0.3) is 5.91 Å². The van der Waals surface area contributed by atoms with E-state index in [1.54, 1.807) is 18.2 Å². The number of rotatable bonds is 3. The number of phenols is 1. The molecule has 0 unspecified atom stereocenters. The molecule has 0 saturated heterocycles. The maximum absolute atomic E-state index is 12.4. The summed E-state index contributed by atoms with van der Waals surface area (Å²) >= 11 is 0. The molecule has 4 N–H and O–H groups in total. The minimum atomic E-state index is -3.98. The van der Waals surface area contributed by atoms with Gasteiger partial charge in [-0.2, -0.15) is 8.42 Å². The largest absolute Gasteiger partial charge is 0.506 e. The topological polar surface area (TPSA) is 119 Å². The molecule has 1 atom stereocenters. The van der Waals surface area contributed by atoms with Crippen LogP contribution in [0.15, 0.2) is 60.6 Å². The second-order valence-corrected chi connectivity index (χ2v) is 8.02. The Labute approximate surface area is 161 Å². The minimum Gasteiger partial charge on any atom is -0.506 e. The average molecular weight is 399 g/mol. The fraction of sp³-hybridized carbons (Fsp3) is 0.105. The Hall–Kier alpha value is -3.46. The van der Waals surface area contributed by atoms with Crippen LogP contribution in [0, 0.1) is 0 Å². The summed E-state index contributed by atoms with van der Waals surface area (Å²) in [6.07, 6.45) is 5.14. The zero-order chi connectivity index (χ0) is 19.9. The van der Waals surface area contributed by atoms with Crippen molar-refractivity contribution in [3.8, 4) is 5.75 Å². The van der Waals surface area contributed by atoms with Gasteiger partial charge in [-0.25, -0.2) is 9.03 Å². The molecule has 1 amide bonds. The Balaban J connectivity index is 1.56. The van der Waals surface area contributed by atoms with Crippen molar-refractivity contribution in [3.63, 3.8) is 0 Å². The van der Waals surface area contributed by atoms with Gasteiger partial charge in [0, 0.05) is 5.56 Å². The van der Waals surface area contributed by atoms with E-state index in [0.717, 1.165) is 16.1 Å².